The molecule has 3 aromatic rings. The normalized spacial score (nSPS) is 10.7. The Kier molecular flexibility index (Phi) is 6.06. The minimum Gasteiger partial charge on any atom is -0.465 e. The van der Waals surface area contributed by atoms with Crippen molar-refractivity contribution in [3.63, 3.8) is 0 Å². The summed E-state index contributed by atoms with van der Waals surface area (Å²) >= 11 is 7.36. The summed E-state index contributed by atoms with van der Waals surface area (Å²) in [6, 6.07) is 16.7. The van der Waals surface area contributed by atoms with E-state index in [2.05, 4.69) is 5.32 Å². The van der Waals surface area contributed by atoms with E-state index in [0.29, 0.717) is 15.6 Å². The molecule has 0 aliphatic heterocycles. The van der Waals surface area contributed by atoms with Crippen LogP contribution in [0.15, 0.2) is 66.1 Å². The molecule has 0 atom stereocenters. The number of amides is 1. The van der Waals surface area contributed by atoms with Gasteiger partial charge >= 0.3 is 5.97 Å². The number of esters is 1. The van der Waals surface area contributed by atoms with Crippen LogP contribution in [-0.4, -0.2) is 19.0 Å². The number of nitrogens with one attached hydrogen (secondary N) is 1. The summed E-state index contributed by atoms with van der Waals surface area (Å²) in [5.41, 5.74) is 2.67. The zero-order chi connectivity index (χ0) is 19.2. The number of rotatable bonds is 5. The fourth-order valence-electron chi connectivity index (χ4n) is 2.51. The molecule has 0 aliphatic rings. The van der Waals surface area contributed by atoms with E-state index in [9.17, 15) is 9.59 Å². The second-order valence-corrected chi connectivity index (χ2v) is 6.84. The van der Waals surface area contributed by atoms with Crippen LogP contribution in [0.4, 0.5) is 5.00 Å². The molecular weight excluding hydrogens is 382 g/mol. The van der Waals surface area contributed by atoms with E-state index in [1.807, 2.05) is 53.9 Å². The van der Waals surface area contributed by atoms with Crippen molar-refractivity contribution in [2.24, 2.45) is 0 Å². The minimum atomic E-state index is -0.500. The van der Waals surface area contributed by atoms with Gasteiger partial charge in [0.2, 0.25) is 5.91 Å². The summed E-state index contributed by atoms with van der Waals surface area (Å²) < 4.78 is 4.90. The predicted molar refractivity (Wildman–Crippen MR) is 110 cm³/mol. The van der Waals surface area contributed by atoms with E-state index in [1.54, 1.807) is 12.1 Å². The van der Waals surface area contributed by atoms with Gasteiger partial charge in [0.15, 0.2) is 0 Å². The van der Waals surface area contributed by atoms with Crippen LogP contribution in [0.5, 0.6) is 0 Å². The van der Waals surface area contributed by atoms with Crippen molar-refractivity contribution in [3.05, 3.63) is 82.2 Å². The van der Waals surface area contributed by atoms with Crippen LogP contribution < -0.4 is 5.32 Å². The Morgan fingerprint density at radius 2 is 1.78 bits per heavy atom. The molecule has 27 heavy (non-hydrogen) atoms. The van der Waals surface area contributed by atoms with Crippen LogP contribution in [0.1, 0.15) is 15.9 Å². The monoisotopic (exact) mass is 397 g/mol. The molecule has 0 bridgehead atoms. The first-order valence-corrected chi connectivity index (χ1v) is 9.34. The molecular formula is C21H16ClNO3S. The second kappa shape index (κ2) is 8.66. The summed E-state index contributed by atoms with van der Waals surface area (Å²) in [6.07, 6.45) is 3.01. The molecule has 1 N–H and O–H groups in total. The van der Waals surface area contributed by atoms with Crippen LogP contribution in [0.3, 0.4) is 0 Å². The molecule has 136 valence electrons. The highest BCUT2D eigenvalue weighted by molar-refractivity contribution is 7.15. The molecule has 3 rings (SSSR count). The van der Waals surface area contributed by atoms with Gasteiger partial charge in [-0.25, -0.2) is 4.79 Å². The number of anilines is 1. The summed E-state index contributed by atoms with van der Waals surface area (Å²) in [6.45, 7) is 0. The molecule has 1 amide bonds. The fourth-order valence-corrected chi connectivity index (χ4v) is 3.67. The number of carbonyl (C=O) groups excluding carboxylic acids is 2. The van der Waals surface area contributed by atoms with Crippen LogP contribution >= 0.6 is 22.9 Å². The average molecular weight is 398 g/mol. The quantitative estimate of drug-likeness (QED) is 0.456. The predicted octanol–water partition coefficient (Wildman–Crippen LogP) is 5.51. The first-order chi connectivity index (χ1) is 13.1. The van der Waals surface area contributed by atoms with E-state index in [1.165, 1.54) is 24.5 Å². The molecule has 0 saturated carbocycles. The molecule has 1 heterocycles. The molecule has 0 spiro atoms. The Hall–Kier alpha value is -2.89. The summed E-state index contributed by atoms with van der Waals surface area (Å²) in [5.74, 6) is -0.859. The Labute approximate surface area is 166 Å². The Morgan fingerprint density at radius 1 is 1.07 bits per heavy atom. The maximum atomic E-state index is 12.3. The minimum absolute atomic E-state index is 0.341. The Bertz CT molecular complexity index is 996. The summed E-state index contributed by atoms with van der Waals surface area (Å²) in [7, 11) is 1.32. The van der Waals surface area contributed by atoms with Crippen molar-refractivity contribution in [1.82, 2.24) is 0 Å². The lowest BCUT2D eigenvalue weighted by molar-refractivity contribution is -0.111. The van der Waals surface area contributed by atoms with Gasteiger partial charge in [-0.1, -0.05) is 60.1 Å². The van der Waals surface area contributed by atoms with Crippen LogP contribution in [0.25, 0.3) is 17.2 Å². The zero-order valence-corrected chi connectivity index (χ0v) is 16.0. The van der Waals surface area contributed by atoms with Gasteiger partial charge in [0.1, 0.15) is 10.6 Å². The largest absolute Gasteiger partial charge is 0.465 e. The van der Waals surface area contributed by atoms with Gasteiger partial charge in [-0.15, -0.1) is 11.3 Å². The lowest BCUT2D eigenvalue weighted by Crippen LogP contribution is -2.11. The molecule has 0 saturated heterocycles. The number of ether oxygens (including phenoxy) is 1. The Morgan fingerprint density at radius 3 is 2.48 bits per heavy atom. The number of carbonyl (C=O) groups is 2. The molecule has 2 aromatic carbocycles. The average Bonchev–Trinajstić information content (AvgIpc) is 3.11. The number of methoxy groups -OCH3 is 1. The van der Waals surface area contributed by atoms with E-state index in [-0.39, 0.29) is 5.91 Å². The maximum absolute atomic E-state index is 12.3. The van der Waals surface area contributed by atoms with Crippen molar-refractivity contribution in [1.29, 1.82) is 0 Å². The van der Waals surface area contributed by atoms with Gasteiger partial charge in [-0.2, -0.15) is 0 Å². The highest BCUT2D eigenvalue weighted by atomic mass is 35.5. The second-order valence-electron chi connectivity index (χ2n) is 5.56. The van der Waals surface area contributed by atoms with Crippen molar-refractivity contribution in [2.45, 2.75) is 0 Å². The van der Waals surface area contributed by atoms with Gasteiger partial charge in [0, 0.05) is 22.0 Å². The highest BCUT2D eigenvalue weighted by Crippen LogP contribution is 2.36. The third kappa shape index (κ3) is 4.45. The first kappa shape index (κ1) is 18.9. The third-order valence-electron chi connectivity index (χ3n) is 3.82. The number of hydrogen-bond donors (Lipinski definition) is 1. The lowest BCUT2D eigenvalue weighted by atomic mass is 10.0. The van der Waals surface area contributed by atoms with Crippen LogP contribution in [0.2, 0.25) is 5.02 Å². The zero-order valence-electron chi connectivity index (χ0n) is 14.4. The van der Waals surface area contributed by atoms with E-state index in [4.69, 9.17) is 16.3 Å². The summed E-state index contributed by atoms with van der Waals surface area (Å²) in [4.78, 5) is 24.6. The fraction of sp³-hybridized carbons (Fsp3) is 0.0476. The Balaban J connectivity index is 1.86. The standard InChI is InChI=1S/C21H16ClNO3S/c1-26-21(25)19-16(14-7-3-2-4-8-14)13-27-20(19)23-18(24)12-11-15-9-5-6-10-17(15)22/h2-13H,1H3,(H,23,24)/b12-11-. The molecule has 0 aliphatic carbocycles. The number of thiophene rings is 1. The van der Waals surface area contributed by atoms with E-state index in [0.717, 1.165) is 16.7 Å². The number of benzene rings is 2. The van der Waals surface area contributed by atoms with Gasteiger partial charge in [-0.3, -0.25) is 4.79 Å². The van der Waals surface area contributed by atoms with Crippen LogP contribution in [0, 0.1) is 0 Å². The summed E-state index contributed by atoms with van der Waals surface area (Å²) in [5, 5.41) is 5.58. The van der Waals surface area contributed by atoms with Gasteiger partial charge in [-0.05, 0) is 23.3 Å². The molecule has 4 nitrogen and oxygen atoms in total. The number of hydrogen-bond acceptors (Lipinski definition) is 4. The van der Waals surface area contributed by atoms with Crippen molar-refractivity contribution >= 4 is 45.9 Å². The third-order valence-corrected chi connectivity index (χ3v) is 5.06. The van der Waals surface area contributed by atoms with Crippen molar-refractivity contribution in [3.8, 4) is 11.1 Å². The van der Waals surface area contributed by atoms with Crippen LogP contribution in [-0.2, 0) is 9.53 Å². The maximum Gasteiger partial charge on any atom is 0.341 e. The molecule has 0 fully saturated rings. The van der Waals surface area contributed by atoms with E-state index >= 15 is 0 Å². The number of halogens is 1. The van der Waals surface area contributed by atoms with Gasteiger partial charge in [0.05, 0.1) is 7.11 Å². The molecule has 1 aromatic heterocycles. The van der Waals surface area contributed by atoms with Crippen molar-refractivity contribution in [2.75, 3.05) is 12.4 Å². The van der Waals surface area contributed by atoms with Gasteiger partial charge in [0.25, 0.3) is 0 Å². The molecule has 0 radical (unpaired) electrons. The molecule has 6 heteroatoms. The smallest absolute Gasteiger partial charge is 0.341 e. The SMILES string of the molecule is COC(=O)c1c(-c2ccccc2)csc1NC(=O)/C=C\c1ccccc1Cl. The molecule has 0 unspecified atom stereocenters. The lowest BCUT2D eigenvalue weighted by Gasteiger charge is -2.06. The van der Waals surface area contributed by atoms with Crippen molar-refractivity contribution < 1.29 is 14.3 Å². The van der Waals surface area contributed by atoms with Gasteiger partial charge < -0.3 is 10.1 Å². The topological polar surface area (TPSA) is 55.4 Å². The van der Waals surface area contributed by atoms with E-state index < -0.39 is 5.97 Å². The highest BCUT2D eigenvalue weighted by Gasteiger charge is 2.21. The first-order valence-electron chi connectivity index (χ1n) is 8.09.